The Balaban J connectivity index is 2.56. The predicted octanol–water partition coefficient (Wildman–Crippen LogP) is 4.06. The molecule has 0 bridgehead atoms. The summed E-state index contributed by atoms with van der Waals surface area (Å²) in [5.74, 6) is 0.640. The molecule has 4 nitrogen and oxygen atoms in total. The standard InChI is InChI=1S/C19H32N2O2/c1-16(2)14-20-12-9-13-21(18(22)23-19(3,4)5)15-17-10-7-6-8-11-17/h6-8,10-11,16,20H,9,12-15H2,1-5H3. The van der Waals surface area contributed by atoms with Crippen LogP contribution in [0.15, 0.2) is 30.3 Å². The molecule has 23 heavy (non-hydrogen) atoms. The highest BCUT2D eigenvalue weighted by atomic mass is 16.6. The van der Waals surface area contributed by atoms with Gasteiger partial charge < -0.3 is 15.0 Å². The number of carbonyl (C=O) groups is 1. The van der Waals surface area contributed by atoms with E-state index in [1.54, 1.807) is 4.90 Å². The van der Waals surface area contributed by atoms with Crippen molar-refractivity contribution in [2.75, 3.05) is 19.6 Å². The second-order valence-corrected chi connectivity index (χ2v) is 7.34. The number of benzene rings is 1. The molecule has 1 aromatic carbocycles. The first-order chi connectivity index (χ1) is 10.8. The van der Waals surface area contributed by atoms with E-state index in [2.05, 4.69) is 19.2 Å². The number of rotatable bonds is 8. The molecule has 0 saturated heterocycles. The highest BCUT2D eigenvalue weighted by Crippen LogP contribution is 2.13. The van der Waals surface area contributed by atoms with Crippen LogP contribution in [-0.4, -0.2) is 36.2 Å². The maximum atomic E-state index is 12.4. The summed E-state index contributed by atoms with van der Waals surface area (Å²) in [6.45, 7) is 13.3. The Morgan fingerprint density at radius 1 is 1.22 bits per heavy atom. The summed E-state index contributed by atoms with van der Waals surface area (Å²) < 4.78 is 5.53. The molecule has 0 atom stereocenters. The van der Waals surface area contributed by atoms with Crippen molar-refractivity contribution in [3.63, 3.8) is 0 Å². The predicted molar refractivity (Wildman–Crippen MR) is 95.4 cm³/mol. The van der Waals surface area contributed by atoms with Crippen molar-refractivity contribution in [1.29, 1.82) is 0 Å². The van der Waals surface area contributed by atoms with Crippen LogP contribution in [-0.2, 0) is 11.3 Å². The zero-order valence-corrected chi connectivity index (χ0v) is 15.3. The van der Waals surface area contributed by atoms with Crippen molar-refractivity contribution in [3.8, 4) is 0 Å². The minimum Gasteiger partial charge on any atom is -0.444 e. The minimum atomic E-state index is -0.470. The lowest BCUT2D eigenvalue weighted by atomic mass is 10.2. The fourth-order valence-corrected chi connectivity index (χ4v) is 2.15. The monoisotopic (exact) mass is 320 g/mol. The third-order valence-electron chi connectivity index (χ3n) is 3.20. The lowest BCUT2D eigenvalue weighted by molar-refractivity contribution is 0.0231. The Morgan fingerprint density at radius 2 is 1.87 bits per heavy atom. The van der Waals surface area contributed by atoms with Crippen LogP contribution in [0.1, 0.15) is 46.6 Å². The van der Waals surface area contributed by atoms with E-state index in [0.717, 1.165) is 25.1 Å². The summed E-state index contributed by atoms with van der Waals surface area (Å²) in [4.78, 5) is 14.2. The van der Waals surface area contributed by atoms with Gasteiger partial charge in [-0.2, -0.15) is 0 Å². The van der Waals surface area contributed by atoms with E-state index >= 15 is 0 Å². The highest BCUT2D eigenvalue weighted by molar-refractivity contribution is 5.68. The van der Waals surface area contributed by atoms with Crippen molar-refractivity contribution in [1.82, 2.24) is 10.2 Å². The van der Waals surface area contributed by atoms with Crippen LogP contribution in [0.4, 0.5) is 4.79 Å². The molecule has 4 heteroatoms. The van der Waals surface area contributed by atoms with Gasteiger partial charge in [0.2, 0.25) is 0 Å². The van der Waals surface area contributed by atoms with E-state index in [0.29, 0.717) is 19.0 Å². The summed E-state index contributed by atoms with van der Waals surface area (Å²) in [6, 6.07) is 10.0. The third-order valence-corrected chi connectivity index (χ3v) is 3.20. The van der Waals surface area contributed by atoms with Gasteiger partial charge in [0, 0.05) is 13.1 Å². The molecular weight excluding hydrogens is 288 g/mol. The van der Waals surface area contributed by atoms with E-state index in [1.165, 1.54) is 0 Å². The quantitative estimate of drug-likeness (QED) is 0.734. The molecule has 0 aliphatic carbocycles. The molecule has 0 spiro atoms. The summed E-state index contributed by atoms with van der Waals surface area (Å²) in [7, 11) is 0. The largest absolute Gasteiger partial charge is 0.444 e. The van der Waals surface area contributed by atoms with Crippen LogP contribution in [0.25, 0.3) is 0 Å². The second-order valence-electron chi connectivity index (χ2n) is 7.34. The third kappa shape index (κ3) is 9.24. The van der Waals surface area contributed by atoms with Crippen LogP contribution >= 0.6 is 0 Å². The van der Waals surface area contributed by atoms with Crippen molar-refractivity contribution < 1.29 is 9.53 Å². The van der Waals surface area contributed by atoms with Gasteiger partial charge in [-0.15, -0.1) is 0 Å². The zero-order chi connectivity index (χ0) is 17.3. The summed E-state index contributed by atoms with van der Waals surface area (Å²) in [5.41, 5.74) is 0.649. The number of nitrogens with one attached hydrogen (secondary N) is 1. The Hall–Kier alpha value is -1.55. The van der Waals surface area contributed by atoms with Crippen LogP contribution in [0.2, 0.25) is 0 Å². The smallest absolute Gasteiger partial charge is 0.410 e. The molecule has 0 unspecified atom stereocenters. The first-order valence-electron chi connectivity index (χ1n) is 8.50. The van der Waals surface area contributed by atoms with Crippen LogP contribution < -0.4 is 5.32 Å². The van der Waals surface area contributed by atoms with E-state index in [-0.39, 0.29) is 6.09 Å². The van der Waals surface area contributed by atoms with Gasteiger partial charge in [0.25, 0.3) is 0 Å². The average molecular weight is 320 g/mol. The molecule has 1 amide bonds. The van der Waals surface area contributed by atoms with Crippen LogP contribution in [0.3, 0.4) is 0 Å². The molecule has 0 heterocycles. The first kappa shape index (κ1) is 19.5. The van der Waals surface area contributed by atoms with Gasteiger partial charge in [0.1, 0.15) is 5.60 Å². The van der Waals surface area contributed by atoms with Crippen molar-refractivity contribution in [2.24, 2.45) is 5.92 Å². The van der Waals surface area contributed by atoms with E-state index in [9.17, 15) is 4.79 Å². The number of hydrogen-bond acceptors (Lipinski definition) is 3. The highest BCUT2D eigenvalue weighted by Gasteiger charge is 2.21. The molecule has 0 radical (unpaired) electrons. The molecule has 0 fully saturated rings. The molecule has 0 saturated carbocycles. The Morgan fingerprint density at radius 3 is 2.43 bits per heavy atom. The average Bonchev–Trinajstić information content (AvgIpc) is 2.44. The molecule has 1 rings (SSSR count). The fourth-order valence-electron chi connectivity index (χ4n) is 2.15. The molecule has 1 aromatic rings. The summed E-state index contributed by atoms with van der Waals surface area (Å²) >= 11 is 0. The molecular formula is C19H32N2O2. The van der Waals surface area contributed by atoms with Gasteiger partial charge in [-0.05, 0) is 51.8 Å². The number of amides is 1. The van der Waals surface area contributed by atoms with Crippen molar-refractivity contribution in [3.05, 3.63) is 35.9 Å². The SMILES string of the molecule is CC(C)CNCCCN(Cc1ccccc1)C(=O)OC(C)(C)C. The first-order valence-corrected chi connectivity index (χ1v) is 8.50. The maximum Gasteiger partial charge on any atom is 0.410 e. The summed E-state index contributed by atoms with van der Waals surface area (Å²) in [5, 5.41) is 3.41. The van der Waals surface area contributed by atoms with Gasteiger partial charge in [0.15, 0.2) is 0 Å². The lowest BCUT2D eigenvalue weighted by Gasteiger charge is -2.27. The van der Waals surface area contributed by atoms with Crippen molar-refractivity contribution in [2.45, 2.75) is 53.2 Å². The lowest BCUT2D eigenvalue weighted by Crippen LogP contribution is -2.38. The number of ether oxygens (including phenoxy) is 1. The van der Waals surface area contributed by atoms with Crippen LogP contribution in [0.5, 0.6) is 0 Å². The van der Waals surface area contributed by atoms with Gasteiger partial charge in [-0.25, -0.2) is 4.79 Å². The van der Waals surface area contributed by atoms with Crippen molar-refractivity contribution >= 4 is 6.09 Å². The Labute approximate surface area is 141 Å². The minimum absolute atomic E-state index is 0.245. The normalized spacial score (nSPS) is 11.6. The Kier molecular flexibility index (Phi) is 8.10. The van der Waals surface area contributed by atoms with Crippen LogP contribution in [0, 0.1) is 5.92 Å². The second kappa shape index (κ2) is 9.56. The van der Waals surface area contributed by atoms with E-state index in [1.807, 2.05) is 51.1 Å². The molecule has 0 aliphatic heterocycles. The molecule has 0 aromatic heterocycles. The van der Waals surface area contributed by atoms with Gasteiger partial charge in [0.05, 0.1) is 0 Å². The molecule has 1 N–H and O–H groups in total. The zero-order valence-electron chi connectivity index (χ0n) is 15.3. The number of carbonyl (C=O) groups excluding carboxylic acids is 1. The number of nitrogens with zero attached hydrogens (tertiary/aromatic N) is 1. The van der Waals surface area contributed by atoms with Gasteiger partial charge >= 0.3 is 6.09 Å². The molecule has 130 valence electrons. The maximum absolute atomic E-state index is 12.4. The topological polar surface area (TPSA) is 41.6 Å². The Bertz CT molecular complexity index is 452. The van der Waals surface area contributed by atoms with E-state index < -0.39 is 5.60 Å². The van der Waals surface area contributed by atoms with Gasteiger partial charge in [-0.1, -0.05) is 44.2 Å². The number of hydrogen-bond donors (Lipinski definition) is 1. The van der Waals surface area contributed by atoms with Gasteiger partial charge in [-0.3, -0.25) is 0 Å². The molecule has 0 aliphatic rings. The fraction of sp³-hybridized carbons (Fsp3) is 0.632. The summed E-state index contributed by atoms with van der Waals surface area (Å²) in [6.07, 6.45) is 0.670. The van der Waals surface area contributed by atoms with E-state index in [4.69, 9.17) is 4.74 Å².